The quantitative estimate of drug-likeness (QED) is 0.884. The number of aliphatic hydroxyl groups is 1. The molecular weight excluding hydrogens is 268 g/mol. The van der Waals surface area contributed by atoms with E-state index >= 15 is 0 Å². The van der Waals surface area contributed by atoms with Crippen LogP contribution in [0.5, 0.6) is 11.5 Å². The smallest absolute Gasteiger partial charge is 0.387 e. The summed E-state index contributed by atoms with van der Waals surface area (Å²) in [5.41, 5.74) is 1.25. The summed E-state index contributed by atoms with van der Waals surface area (Å²) >= 11 is 0. The molecule has 0 bridgehead atoms. The van der Waals surface area contributed by atoms with Crippen LogP contribution in [0.1, 0.15) is 11.3 Å². The first-order valence-electron chi connectivity index (χ1n) is 5.89. The molecule has 0 aliphatic carbocycles. The van der Waals surface area contributed by atoms with Gasteiger partial charge in [0.25, 0.3) is 0 Å². The molecule has 1 N–H and O–H groups in total. The molecule has 1 aromatic carbocycles. The zero-order valence-electron chi connectivity index (χ0n) is 10.5. The normalized spacial score (nSPS) is 10.6. The summed E-state index contributed by atoms with van der Waals surface area (Å²) in [5.74, 6) is 0.622. The monoisotopic (exact) mass is 281 g/mol. The zero-order chi connectivity index (χ0) is 14.4. The van der Waals surface area contributed by atoms with Crippen LogP contribution in [0, 0.1) is 0 Å². The minimum absolute atomic E-state index is 0.0925. The molecule has 4 nitrogen and oxygen atoms in total. The van der Waals surface area contributed by atoms with Crippen LogP contribution in [0.15, 0.2) is 42.6 Å². The Morgan fingerprint density at radius 1 is 1.15 bits per heavy atom. The Morgan fingerprint density at radius 3 is 2.65 bits per heavy atom. The fourth-order valence-electron chi connectivity index (χ4n) is 1.57. The average Bonchev–Trinajstić information content (AvgIpc) is 2.45. The van der Waals surface area contributed by atoms with Gasteiger partial charge in [-0.3, -0.25) is 4.98 Å². The van der Waals surface area contributed by atoms with Crippen LogP contribution >= 0.6 is 0 Å². The van der Waals surface area contributed by atoms with Gasteiger partial charge in [0.2, 0.25) is 0 Å². The van der Waals surface area contributed by atoms with E-state index in [1.165, 1.54) is 18.3 Å². The molecule has 0 amide bonds. The van der Waals surface area contributed by atoms with Crippen LogP contribution < -0.4 is 9.47 Å². The SMILES string of the molecule is OCc1ccc(OCc2cccc(OC(F)F)c2)cn1. The molecule has 0 fully saturated rings. The maximum absolute atomic E-state index is 12.1. The highest BCUT2D eigenvalue weighted by molar-refractivity contribution is 5.29. The summed E-state index contributed by atoms with van der Waals surface area (Å²) in [6.45, 7) is -2.77. The Kier molecular flexibility index (Phi) is 4.84. The predicted octanol–water partition coefficient (Wildman–Crippen LogP) is 2.75. The second-order valence-electron chi connectivity index (χ2n) is 3.96. The van der Waals surface area contributed by atoms with E-state index in [9.17, 15) is 8.78 Å². The number of aromatic nitrogens is 1. The first-order chi connectivity index (χ1) is 9.67. The van der Waals surface area contributed by atoms with Gasteiger partial charge in [-0.2, -0.15) is 8.78 Å². The number of pyridine rings is 1. The molecule has 1 heterocycles. The van der Waals surface area contributed by atoms with E-state index in [1.807, 2.05) is 0 Å². The molecule has 0 aliphatic rings. The van der Waals surface area contributed by atoms with Gasteiger partial charge in [-0.05, 0) is 29.8 Å². The molecule has 0 saturated carbocycles. The Balaban J connectivity index is 1.95. The lowest BCUT2D eigenvalue weighted by molar-refractivity contribution is -0.0499. The number of hydrogen-bond acceptors (Lipinski definition) is 4. The number of ether oxygens (including phenoxy) is 2. The number of benzene rings is 1. The molecular formula is C14H13F2NO3. The summed E-state index contributed by atoms with van der Waals surface area (Å²) in [5, 5.41) is 8.86. The molecule has 0 atom stereocenters. The van der Waals surface area contributed by atoms with Crippen LogP contribution in [0.2, 0.25) is 0 Å². The number of aliphatic hydroxyl groups excluding tert-OH is 1. The van der Waals surface area contributed by atoms with Gasteiger partial charge in [-0.15, -0.1) is 0 Å². The van der Waals surface area contributed by atoms with Crippen molar-refractivity contribution in [2.24, 2.45) is 0 Å². The molecule has 0 spiro atoms. The lowest BCUT2D eigenvalue weighted by atomic mass is 10.2. The van der Waals surface area contributed by atoms with E-state index in [0.29, 0.717) is 17.0 Å². The molecule has 2 rings (SSSR count). The highest BCUT2D eigenvalue weighted by atomic mass is 19.3. The van der Waals surface area contributed by atoms with E-state index in [1.54, 1.807) is 24.3 Å². The van der Waals surface area contributed by atoms with Gasteiger partial charge in [0.15, 0.2) is 0 Å². The number of nitrogens with zero attached hydrogens (tertiary/aromatic N) is 1. The van der Waals surface area contributed by atoms with Gasteiger partial charge in [0, 0.05) is 0 Å². The molecule has 0 unspecified atom stereocenters. The van der Waals surface area contributed by atoms with Crippen molar-refractivity contribution >= 4 is 0 Å². The van der Waals surface area contributed by atoms with Crippen LogP contribution in [0.4, 0.5) is 8.78 Å². The maximum Gasteiger partial charge on any atom is 0.387 e. The Labute approximate surface area is 114 Å². The molecule has 0 radical (unpaired) electrons. The fraction of sp³-hybridized carbons (Fsp3) is 0.214. The highest BCUT2D eigenvalue weighted by Gasteiger charge is 2.05. The summed E-state index contributed by atoms with van der Waals surface area (Å²) < 4.78 is 34.0. The van der Waals surface area contributed by atoms with E-state index in [0.717, 1.165) is 0 Å². The first kappa shape index (κ1) is 14.2. The molecule has 6 heteroatoms. The van der Waals surface area contributed by atoms with Crippen molar-refractivity contribution in [1.29, 1.82) is 0 Å². The lowest BCUT2D eigenvalue weighted by Crippen LogP contribution is -2.03. The number of halogens is 2. The standard InChI is InChI=1S/C14H13F2NO3/c15-14(16)20-12-3-1-2-10(6-12)9-19-13-5-4-11(8-18)17-7-13/h1-7,14,18H,8-9H2. The molecule has 106 valence electrons. The minimum Gasteiger partial charge on any atom is -0.487 e. The predicted molar refractivity (Wildman–Crippen MR) is 67.6 cm³/mol. The summed E-state index contributed by atoms with van der Waals surface area (Å²) in [7, 11) is 0. The molecule has 1 aromatic heterocycles. The van der Waals surface area contributed by atoms with Gasteiger partial charge in [0.05, 0.1) is 18.5 Å². The zero-order valence-corrected chi connectivity index (χ0v) is 10.5. The van der Waals surface area contributed by atoms with Gasteiger partial charge < -0.3 is 14.6 Å². The van der Waals surface area contributed by atoms with Crippen molar-refractivity contribution in [2.75, 3.05) is 0 Å². The Hall–Kier alpha value is -2.21. The van der Waals surface area contributed by atoms with Crippen LogP contribution in [0.25, 0.3) is 0 Å². The van der Waals surface area contributed by atoms with Gasteiger partial charge in [0.1, 0.15) is 18.1 Å². The molecule has 0 saturated heterocycles. The van der Waals surface area contributed by atoms with E-state index in [4.69, 9.17) is 9.84 Å². The second kappa shape index (κ2) is 6.81. The third kappa shape index (κ3) is 4.17. The van der Waals surface area contributed by atoms with Crippen molar-refractivity contribution in [3.63, 3.8) is 0 Å². The van der Waals surface area contributed by atoms with E-state index in [-0.39, 0.29) is 19.0 Å². The third-order valence-corrected chi connectivity index (χ3v) is 2.49. The number of alkyl halides is 2. The maximum atomic E-state index is 12.1. The van der Waals surface area contributed by atoms with Crippen molar-refractivity contribution in [2.45, 2.75) is 19.8 Å². The van der Waals surface area contributed by atoms with Crippen LogP contribution in [-0.4, -0.2) is 16.7 Å². The summed E-state index contributed by atoms with van der Waals surface area (Å²) in [4.78, 5) is 3.97. The fourth-order valence-corrected chi connectivity index (χ4v) is 1.57. The second-order valence-corrected chi connectivity index (χ2v) is 3.96. The molecule has 2 aromatic rings. The van der Waals surface area contributed by atoms with E-state index < -0.39 is 6.61 Å². The van der Waals surface area contributed by atoms with Gasteiger partial charge in [-0.1, -0.05) is 12.1 Å². The average molecular weight is 281 g/mol. The van der Waals surface area contributed by atoms with Crippen molar-refractivity contribution in [3.05, 3.63) is 53.9 Å². The van der Waals surface area contributed by atoms with Gasteiger partial charge >= 0.3 is 6.61 Å². The molecule has 20 heavy (non-hydrogen) atoms. The van der Waals surface area contributed by atoms with E-state index in [2.05, 4.69) is 9.72 Å². The highest BCUT2D eigenvalue weighted by Crippen LogP contribution is 2.18. The summed E-state index contributed by atoms with van der Waals surface area (Å²) in [6, 6.07) is 9.62. The van der Waals surface area contributed by atoms with Gasteiger partial charge in [-0.25, -0.2) is 0 Å². The topological polar surface area (TPSA) is 51.6 Å². The van der Waals surface area contributed by atoms with Crippen LogP contribution in [0.3, 0.4) is 0 Å². The van der Waals surface area contributed by atoms with Crippen LogP contribution in [-0.2, 0) is 13.2 Å². The largest absolute Gasteiger partial charge is 0.487 e. The number of hydrogen-bond donors (Lipinski definition) is 1. The summed E-state index contributed by atoms with van der Waals surface area (Å²) in [6.07, 6.45) is 1.49. The first-order valence-corrected chi connectivity index (χ1v) is 5.89. The van der Waals surface area contributed by atoms with Crippen molar-refractivity contribution in [1.82, 2.24) is 4.98 Å². The lowest BCUT2D eigenvalue weighted by Gasteiger charge is -2.08. The Morgan fingerprint density at radius 2 is 2.00 bits per heavy atom. The molecule has 0 aliphatic heterocycles. The van der Waals surface area contributed by atoms with Crippen molar-refractivity contribution < 1.29 is 23.4 Å². The van der Waals surface area contributed by atoms with Crippen molar-refractivity contribution in [3.8, 4) is 11.5 Å². The number of rotatable bonds is 6. The minimum atomic E-state index is -2.85. The Bertz CT molecular complexity index is 546. The third-order valence-electron chi connectivity index (χ3n) is 2.49.